The molecule has 0 fully saturated rings. The van der Waals surface area contributed by atoms with Crippen LogP contribution in [-0.4, -0.2) is 16.2 Å². The molecule has 3 heteroatoms. The van der Waals surface area contributed by atoms with Crippen LogP contribution < -0.4 is 0 Å². The van der Waals surface area contributed by atoms with Gasteiger partial charge >= 0.3 is 5.97 Å². The molecule has 0 bridgehead atoms. The maximum atomic E-state index is 11.2. The van der Waals surface area contributed by atoms with Gasteiger partial charge in [0.25, 0.3) is 0 Å². The van der Waals surface area contributed by atoms with Crippen LogP contribution in [0.2, 0.25) is 0 Å². The van der Waals surface area contributed by atoms with E-state index in [1.807, 2.05) is 43.3 Å². The van der Waals surface area contributed by atoms with Crippen molar-refractivity contribution in [3.05, 3.63) is 65.7 Å². The second-order valence-corrected chi connectivity index (χ2v) is 5.01. The fourth-order valence-corrected chi connectivity index (χ4v) is 2.58. The molecule has 0 aliphatic heterocycles. The van der Waals surface area contributed by atoms with Crippen molar-refractivity contribution in [2.75, 3.05) is 0 Å². The van der Waals surface area contributed by atoms with Crippen LogP contribution in [0.15, 0.2) is 54.6 Å². The lowest BCUT2D eigenvalue weighted by Gasteiger charge is -2.10. The van der Waals surface area contributed by atoms with Gasteiger partial charge in [0, 0.05) is 0 Å². The lowest BCUT2D eigenvalue weighted by atomic mass is 9.94. The average molecular weight is 278 g/mol. The molecule has 104 valence electrons. The Morgan fingerprint density at radius 2 is 1.67 bits per heavy atom. The largest absolute Gasteiger partial charge is 0.507 e. The SMILES string of the molecule is Cc1ccc(-c2ccc(O)c(C(=O)O)c2)c2ccccc12. The van der Waals surface area contributed by atoms with Crippen molar-refractivity contribution in [1.82, 2.24) is 0 Å². The third-order valence-electron chi connectivity index (χ3n) is 3.68. The summed E-state index contributed by atoms with van der Waals surface area (Å²) >= 11 is 0. The number of phenols is 1. The first-order chi connectivity index (χ1) is 10.1. The second kappa shape index (κ2) is 4.94. The van der Waals surface area contributed by atoms with Crippen LogP contribution in [0.25, 0.3) is 21.9 Å². The first-order valence-corrected chi connectivity index (χ1v) is 6.63. The molecule has 0 aliphatic rings. The lowest BCUT2D eigenvalue weighted by Crippen LogP contribution is -1.97. The minimum absolute atomic E-state index is 0.0860. The predicted octanol–water partition coefficient (Wildman–Crippen LogP) is 4.22. The Bertz CT molecular complexity index is 850. The predicted molar refractivity (Wildman–Crippen MR) is 82.7 cm³/mol. The zero-order chi connectivity index (χ0) is 15.0. The summed E-state index contributed by atoms with van der Waals surface area (Å²) in [5.41, 5.74) is 2.82. The van der Waals surface area contributed by atoms with E-state index in [0.717, 1.165) is 21.9 Å². The molecule has 0 heterocycles. The average Bonchev–Trinajstić information content (AvgIpc) is 2.48. The minimum atomic E-state index is -1.13. The van der Waals surface area contributed by atoms with Gasteiger partial charge in [0.05, 0.1) is 0 Å². The molecular weight excluding hydrogens is 264 g/mol. The number of hydrogen-bond donors (Lipinski definition) is 2. The zero-order valence-corrected chi connectivity index (χ0v) is 11.5. The van der Waals surface area contributed by atoms with Gasteiger partial charge in [-0.05, 0) is 46.5 Å². The standard InChI is InChI=1S/C18H14O3/c1-11-6-8-14(15-5-3-2-4-13(11)15)12-7-9-17(19)16(10-12)18(20)21/h2-10,19H,1H3,(H,20,21). The van der Waals surface area contributed by atoms with Gasteiger partial charge in [-0.25, -0.2) is 4.79 Å². The van der Waals surface area contributed by atoms with Crippen molar-refractivity contribution in [2.24, 2.45) is 0 Å². The molecule has 0 amide bonds. The molecule has 3 rings (SSSR count). The van der Waals surface area contributed by atoms with E-state index in [4.69, 9.17) is 5.11 Å². The maximum Gasteiger partial charge on any atom is 0.339 e. The molecule has 0 saturated heterocycles. The number of carboxylic acids is 1. The molecule has 2 N–H and O–H groups in total. The number of carboxylic acid groups (broad SMARTS) is 1. The topological polar surface area (TPSA) is 57.5 Å². The summed E-state index contributed by atoms with van der Waals surface area (Å²) < 4.78 is 0. The first-order valence-electron chi connectivity index (χ1n) is 6.63. The van der Waals surface area contributed by atoms with Crippen molar-refractivity contribution < 1.29 is 15.0 Å². The van der Waals surface area contributed by atoms with Gasteiger partial charge in [-0.3, -0.25) is 0 Å². The molecule has 0 aliphatic carbocycles. The summed E-state index contributed by atoms with van der Waals surface area (Å²) in [6, 6.07) is 16.7. The molecule has 0 saturated carbocycles. The molecule has 0 spiro atoms. The number of aromatic hydroxyl groups is 1. The number of fused-ring (bicyclic) bond motifs is 1. The highest BCUT2D eigenvalue weighted by atomic mass is 16.4. The number of benzene rings is 3. The van der Waals surface area contributed by atoms with Gasteiger partial charge in [0.1, 0.15) is 11.3 Å². The Morgan fingerprint density at radius 3 is 2.38 bits per heavy atom. The van der Waals surface area contributed by atoms with Crippen LogP contribution in [-0.2, 0) is 0 Å². The highest BCUT2D eigenvalue weighted by Gasteiger charge is 2.12. The number of aryl methyl sites for hydroxylation is 1. The van der Waals surface area contributed by atoms with Crippen molar-refractivity contribution in [1.29, 1.82) is 0 Å². The van der Waals surface area contributed by atoms with Gasteiger partial charge in [0.2, 0.25) is 0 Å². The van der Waals surface area contributed by atoms with Crippen molar-refractivity contribution in [3.63, 3.8) is 0 Å². The second-order valence-electron chi connectivity index (χ2n) is 5.01. The van der Waals surface area contributed by atoms with E-state index in [1.54, 1.807) is 6.07 Å². The van der Waals surface area contributed by atoms with E-state index in [0.29, 0.717) is 0 Å². The van der Waals surface area contributed by atoms with E-state index in [1.165, 1.54) is 17.7 Å². The van der Waals surface area contributed by atoms with E-state index in [2.05, 4.69) is 0 Å². The van der Waals surface area contributed by atoms with Gasteiger partial charge in [-0.15, -0.1) is 0 Å². The molecule has 0 atom stereocenters. The van der Waals surface area contributed by atoms with Crippen LogP contribution >= 0.6 is 0 Å². The number of carbonyl (C=O) groups is 1. The smallest absolute Gasteiger partial charge is 0.339 e. The van der Waals surface area contributed by atoms with Crippen LogP contribution in [0.1, 0.15) is 15.9 Å². The Labute approximate surface area is 122 Å². The number of rotatable bonds is 2. The number of hydrogen-bond acceptors (Lipinski definition) is 2. The minimum Gasteiger partial charge on any atom is -0.507 e. The van der Waals surface area contributed by atoms with Crippen molar-refractivity contribution in [3.8, 4) is 16.9 Å². The van der Waals surface area contributed by atoms with E-state index in [9.17, 15) is 9.90 Å². The summed E-state index contributed by atoms with van der Waals surface area (Å²) in [5, 5.41) is 21.0. The third-order valence-corrected chi connectivity index (χ3v) is 3.68. The Kier molecular flexibility index (Phi) is 3.10. The molecule has 0 radical (unpaired) electrons. The van der Waals surface area contributed by atoms with E-state index >= 15 is 0 Å². The van der Waals surface area contributed by atoms with Gasteiger partial charge < -0.3 is 10.2 Å². The molecule has 3 nitrogen and oxygen atoms in total. The van der Waals surface area contributed by atoms with Crippen LogP contribution in [0.5, 0.6) is 5.75 Å². The molecular formula is C18H14O3. The Morgan fingerprint density at radius 1 is 0.952 bits per heavy atom. The normalized spacial score (nSPS) is 10.7. The van der Waals surface area contributed by atoms with Gasteiger partial charge in [0.15, 0.2) is 0 Å². The monoisotopic (exact) mass is 278 g/mol. The number of aromatic carboxylic acids is 1. The van der Waals surface area contributed by atoms with Crippen molar-refractivity contribution >= 4 is 16.7 Å². The van der Waals surface area contributed by atoms with E-state index in [-0.39, 0.29) is 11.3 Å². The Hall–Kier alpha value is -2.81. The zero-order valence-electron chi connectivity index (χ0n) is 11.5. The molecule has 0 aromatic heterocycles. The van der Waals surface area contributed by atoms with Gasteiger partial charge in [-0.1, -0.05) is 42.5 Å². The summed E-state index contributed by atoms with van der Waals surface area (Å²) in [6.45, 7) is 2.05. The van der Waals surface area contributed by atoms with Gasteiger partial charge in [-0.2, -0.15) is 0 Å². The fraction of sp³-hybridized carbons (Fsp3) is 0.0556. The molecule has 3 aromatic carbocycles. The van der Waals surface area contributed by atoms with Crippen LogP contribution in [0.4, 0.5) is 0 Å². The summed E-state index contributed by atoms with van der Waals surface area (Å²) in [5.74, 6) is -1.35. The summed E-state index contributed by atoms with van der Waals surface area (Å²) in [4.78, 5) is 11.2. The Balaban J connectivity index is 2.29. The molecule has 0 unspecified atom stereocenters. The molecule has 21 heavy (non-hydrogen) atoms. The fourth-order valence-electron chi connectivity index (χ4n) is 2.58. The first kappa shape index (κ1) is 13.2. The van der Waals surface area contributed by atoms with E-state index < -0.39 is 5.97 Å². The maximum absolute atomic E-state index is 11.2. The van der Waals surface area contributed by atoms with Crippen molar-refractivity contribution in [2.45, 2.75) is 6.92 Å². The van der Waals surface area contributed by atoms with Crippen LogP contribution in [0.3, 0.4) is 0 Å². The summed E-state index contributed by atoms with van der Waals surface area (Å²) in [6.07, 6.45) is 0. The third kappa shape index (κ3) is 2.23. The highest BCUT2D eigenvalue weighted by Crippen LogP contribution is 2.32. The lowest BCUT2D eigenvalue weighted by molar-refractivity contribution is 0.0694. The molecule has 3 aromatic rings. The van der Waals surface area contributed by atoms with Crippen LogP contribution in [0, 0.1) is 6.92 Å². The summed E-state index contributed by atoms with van der Waals surface area (Å²) in [7, 11) is 0. The quantitative estimate of drug-likeness (QED) is 0.738. The highest BCUT2D eigenvalue weighted by molar-refractivity contribution is 6.00.